The van der Waals surface area contributed by atoms with E-state index in [4.69, 9.17) is 9.84 Å². The van der Waals surface area contributed by atoms with Crippen LogP contribution in [0, 0.1) is 3.57 Å². The largest absolute Gasteiger partial charge is 0.482 e. The Hall–Kier alpha value is -1.29. The lowest BCUT2D eigenvalue weighted by atomic mass is 9.98. The fourth-order valence-corrected chi connectivity index (χ4v) is 5.31. The number of thioether (sulfide) groups is 1. The van der Waals surface area contributed by atoms with E-state index in [-0.39, 0.29) is 6.61 Å². The Morgan fingerprint density at radius 2 is 1.63 bits per heavy atom. The number of carbonyl (C=O) groups is 1. The summed E-state index contributed by atoms with van der Waals surface area (Å²) in [6, 6.07) is 22.2. The monoisotopic (exact) mass is 658 g/mol. The molecule has 0 radical (unpaired) electrons. The molecule has 3 aromatic rings. The summed E-state index contributed by atoms with van der Waals surface area (Å²) in [4.78, 5) is 11.8. The zero-order valence-corrected chi connectivity index (χ0v) is 21.8. The number of ether oxygens (including phenoxy) is 1. The van der Waals surface area contributed by atoms with E-state index in [0.29, 0.717) is 5.75 Å². The van der Waals surface area contributed by atoms with Crippen molar-refractivity contribution in [3.63, 3.8) is 0 Å². The molecule has 0 spiro atoms. The van der Waals surface area contributed by atoms with Gasteiger partial charge in [0.15, 0.2) is 6.61 Å². The second-order valence-corrected chi connectivity index (χ2v) is 10.3. The Kier molecular flexibility index (Phi) is 8.85. The molecule has 0 unspecified atom stereocenters. The van der Waals surface area contributed by atoms with Gasteiger partial charge in [-0.2, -0.15) is 0 Å². The highest BCUT2D eigenvalue weighted by Crippen LogP contribution is 2.31. The summed E-state index contributed by atoms with van der Waals surface area (Å²) >= 11 is 11.1. The molecule has 154 valence electrons. The topological polar surface area (TPSA) is 46.5 Å². The van der Waals surface area contributed by atoms with Crippen molar-refractivity contribution in [2.45, 2.75) is 4.90 Å². The zero-order chi connectivity index (χ0) is 21.5. The summed E-state index contributed by atoms with van der Waals surface area (Å²) in [7, 11) is 0. The van der Waals surface area contributed by atoms with Crippen LogP contribution in [-0.2, 0) is 4.79 Å². The summed E-state index contributed by atoms with van der Waals surface area (Å²) < 4.78 is 8.36. The van der Waals surface area contributed by atoms with Crippen LogP contribution in [0.5, 0.6) is 5.75 Å². The summed E-state index contributed by atoms with van der Waals surface area (Å²) in [5.74, 6) is 0.367. The molecule has 0 saturated carbocycles. The van der Waals surface area contributed by atoms with Crippen molar-refractivity contribution in [1.82, 2.24) is 0 Å². The molecule has 30 heavy (non-hydrogen) atoms. The first kappa shape index (κ1) is 23.4. The van der Waals surface area contributed by atoms with Gasteiger partial charge in [-0.3, -0.25) is 0 Å². The maximum atomic E-state index is 10.7. The van der Waals surface area contributed by atoms with Crippen molar-refractivity contribution in [3.05, 3.63) is 96.4 Å². The van der Waals surface area contributed by atoms with E-state index in [9.17, 15) is 4.79 Å². The minimum atomic E-state index is -0.985. The first-order valence-electron chi connectivity index (χ1n) is 8.91. The Balaban J connectivity index is 1.80. The standard InChI is InChI=1S/C23H17Br2IO3S/c24-17-5-1-3-15(11-17)20(16-4-2-6-18(25)12-16)9-10-30-22-8-7-19(13-21(22)26)29-14-23(27)28/h1-9,11-13H,10,14H2,(H,27,28). The predicted octanol–water partition coefficient (Wildman–Crippen LogP) is 7.50. The van der Waals surface area contributed by atoms with Crippen LogP contribution < -0.4 is 4.74 Å². The SMILES string of the molecule is O=C(O)COc1ccc(SCC=C(c2cccc(Br)c2)c2cccc(Br)c2)c(I)c1. The minimum absolute atomic E-state index is 0.339. The van der Waals surface area contributed by atoms with Crippen LogP contribution in [0.1, 0.15) is 11.1 Å². The van der Waals surface area contributed by atoms with Gasteiger partial charge in [-0.1, -0.05) is 62.2 Å². The van der Waals surface area contributed by atoms with E-state index in [2.05, 4.69) is 84.8 Å². The molecule has 0 saturated heterocycles. The third kappa shape index (κ3) is 6.87. The van der Waals surface area contributed by atoms with Crippen LogP contribution in [0.15, 0.2) is 86.6 Å². The highest BCUT2D eigenvalue weighted by molar-refractivity contribution is 14.1. The number of hydrogen-bond donors (Lipinski definition) is 1. The maximum absolute atomic E-state index is 10.7. The molecule has 1 N–H and O–H groups in total. The number of benzene rings is 3. The van der Waals surface area contributed by atoms with Gasteiger partial charge in [0.25, 0.3) is 0 Å². The van der Waals surface area contributed by atoms with E-state index in [1.54, 1.807) is 17.8 Å². The molecule has 3 aromatic carbocycles. The lowest BCUT2D eigenvalue weighted by molar-refractivity contribution is -0.139. The van der Waals surface area contributed by atoms with Gasteiger partial charge in [-0.05, 0) is 81.8 Å². The van der Waals surface area contributed by atoms with E-state index < -0.39 is 5.97 Å². The predicted molar refractivity (Wildman–Crippen MR) is 138 cm³/mol. The zero-order valence-electron chi connectivity index (χ0n) is 15.6. The Morgan fingerprint density at radius 3 is 2.17 bits per heavy atom. The highest BCUT2D eigenvalue weighted by Gasteiger charge is 2.08. The molecule has 0 amide bonds. The van der Waals surface area contributed by atoms with Crippen LogP contribution in [0.25, 0.3) is 5.57 Å². The molecule has 0 aliphatic carbocycles. The van der Waals surface area contributed by atoms with Crippen molar-refractivity contribution in [1.29, 1.82) is 0 Å². The third-order valence-electron chi connectivity index (χ3n) is 4.06. The lowest BCUT2D eigenvalue weighted by Crippen LogP contribution is -2.09. The number of rotatable bonds is 8. The van der Waals surface area contributed by atoms with Crippen molar-refractivity contribution in [3.8, 4) is 5.75 Å². The van der Waals surface area contributed by atoms with Gasteiger partial charge < -0.3 is 9.84 Å². The van der Waals surface area contributed by atoms with Crippen LogP contribution in [0.4, 0.5) is 0 Å². The van der Waals surface area contributed by atoms with Crippen LogP contribution in [-0.4, -0.2) is 23.4 Å². The smallest absolute Gasteiger partial charge is 0.341 e. The van der Waals surface area contributed by atoms with Crippen molar-refractivity contribution < 1.29 is 14.6 Å². The molecule has 0 aromatic heterocycles. The van der Waals surface area contributed by atoms with E-state index in [1.165, 1.54) is 5.57 Å². The quantitative estimate of drug-likeness (QED) is 0.201. The van der Waals surface area contributed by atoms with Crippen molar-refractivity contribution >= 4 is 77.8 Å². The molecule has 0 aliphatic rings. The molecule has 0 aliphatic heterocycles. The molecular weight excluding hydrogens is 643 g/mol. The normalized spacial score (nSPS) is 10.5. The molecule has 3 rings (SSSR count). The highest BCUT2D eigenvalue weighted by atomic mass is 127. The Bertz CT molecular complexity index is 1040. The van der Waals surface area contributed by atoms with Crippen LogP contribution >= 0.6 is 66.2 Å². The van der Waals surface area contributed by atoms with Crippen molar-refractivity contribution in [2.24, 2.45) is 0 Å². The van der Waals surface area contributed by atoms with Gasteiger partial charge in [0.05, 0.1) is 0 Å². The number of aliphatic carboxylic acids is 1. The van der Waals surface area contributed by atoms with Gasteiger partial charge >= 0.3 is 5.97 Å². The molecule has 0 heterocycles. The van der Waals surface area contributed by atoms with Gasteiger partial charge in [0, 0.05) is 23.2 Å². The Labute approximate surface area is 210 Å². The number of hydrogen-bond acceptors (Lipinski definition) is 3. The average Bonchev–Trinajstić information content (AvgIpc) is 2.71. The summed E-state index contributed by atoms with van der Waals surface area (Å²) in [5.41, 5.74) is 3.46. The first-order valence-corrected chi connectivity index (χ1v) is 12.6. The minimum Gasteiger partial charge on any atom is -0.482 e. The molecule has 0 fully saturated rings. The van der Waals surface area contributed by atoms with Crippen molar-refractivity contribution in [2.75, 3.05) is 12.4 Å². The molecular formula is C23H17Br2IO3S. The fraction of sp³-hybridized carbons (Fsp3) is 0.0870. The summed E-state index contributed by atoms with van der Waals surface area (Å²) in [6.07, 6.45) is 2.24. The number of carboxylic acid groups (broad SMARTS) is 1. The van der Waals surface area contributed by atoms with E-state index in [0.717, 1.165) is 34.3 Å². The molecule has 7 heteroatoms. The van der Waals surface area contributed by atoms with Gasteiger partial charge in [0.1, 0.15) is 5.75 Å². The molecule has 0 atom stereocenters. The molecule has 3 nitrogen and oxygen atoms in total. The lowest BCUT2D eigenvalue weighted by Gasteiger charge is -2.11. The number of halogens is 3. The average molecular weight is 660 g/mol. The third-order valence-corrected chi connectivity index (χ3v) is 7.31. The summed E-state index contributed by atoms with van der Waals surface area (Å²) in [6.45, 7) is -0.339. The maximum Gasteiger partial charge on any atom is 0.341 e. The van der Waals surface area contributed by atoms with E-state index in [1.807, 2.05) is 36.4 Å². The van der Waals surface area contributed by atoms with Gasteiger partial charge in [-0.15, -0.1) is 11.8 Å². The van der Waals surface area contributed by atoms with Gasteiger partial charge in [-0.25, -0.2) is 4.79 Å². The number of carboxylic acids is 1. The second kappa shape index (κ2) is 11.4. The fourth-order valence-electron chi connectivity index (χ4n) is 2.76. The van der Waals surface area contributed by atoms with Gasteiger partial charge in [0.2, 0.25) is 0 Å². The van der Waals surface area contributed by atoms with Crippen LogP contribution in [0.3, 0.4) is 0 Å². The second-order valence-electron chi connectivity index (χ2n) is 6.22. The Morgan fingerprint density at radius 1 is 1.00 bits per heavy atom. The van der Waals surface area contributed by atoms with Crippen LogP contribution in [0.2, 0.25) is 0 Å². The van der Waals surface area contributed by atoms with E-state index >= 15 is 0 Å². The molecule has 0 bridgehead atoms. The first-order chi connectivity index (χ1) is 14.4. The summed E-state index contributed by atoms with van der Waals surface area (Å²) in [5, 5.41) is 8.75.